The standard InChI is InChI=1S/C14H26N2O3/c1-11-9-16(10-12(2)19-11)14(17)5-8-18-13-3-6-15-7-4-13/h11-13,15H,3-10H2,1-2H3. The molecule has 110 valence electrons. The molecule has 2 saturated heterocycles. The van der Waals surface area contributed by atoms with Crippen LogP contribution in [0.5, 0.6) is 0 Å². The summed E-state index contributed by atoms with van der Waals surface area (Å²) in [6.45, 7) is 8.04. The van der Waals surface area contributed by atoms with Crippen LogP contribution >= 0.6 is 0 Å². The molecule has 1 N–H and O–H groups in total. The Morgan fingerprint density at radius 1 is 1.26 bits per heavy atom. The minimum Gasteiger partial charge on any atom is -0.378 e. The van der Waals surface area contributed by atoms with E-state index in [1.54, 1.807) is 0 Å². The number of piperidine rings is 1. The molecule has 1 amide bonds. The van der Waals surface area contributed by atoms with E-state index in [9.17, 15) is 4.79 Å². The third kappa shape index (κ3) is 4.75. The van der Waals surface area contributed by atoms with Crippen LogP contribution in [0.2, 0.25) is 0 Å². The zero-order chi connectivity index (χ0) is 13.7. The third-order valence-electron chi connectivity index (χ3n) is 3.73. The average Bonchev–Trinajstić information content (AvgIpc) is 2.38. The lowest BCUT2D eigenvalue weighted by Gasteiger charge is -2.35. The van der Waals surface area contributed by atoms with E-state index in [1.165, 1.54) is 0 Å². The number of hydrogen-bond donors (Lipinski definition) is 1. The maximum Gasteiger partial charge on any atom is 0.225 e. The molecule has 2 atom stereocenters. The Balaban J connectivity index is 1.65. The third-order valence-corrected chi connectivity index (χ3v) is 3.73. The van der Waals surface area contributed by atoms with E-state index in [4.69, 9.17) is 9.47 Å². The molecule has 0 radical (unpaired) electrons. The van der Waals surface area contributed by atoms with Gasteiger partial charge in [-0.05, 0) is 39.8 Å². The van der Waals surface area contributed by atoms with Crippen molar-refractivity contribution < 1.29 is 14.3 Å². The number of nitrogens with zero attached hydrogens (tertiary/aromatic N) is 1. The van der Waals surface area contributed by atoms with E-state index >= 15 is 0 Å². The molecule has 0 aromatic heterocycles. The summed E-state index contributed by atoms with van der Waals surface area (Å²) >= 11 is 0. The topological polar surface area (TPSA) is 50.8 Å². The molecule has 19 heavy (non-hydrogen) atoms. The summed E-state index contributed by atoms with van der Waals surface area (Å²) in [7, 11) is 0. The van der Waals surface area contributed by atoms with Gasteiger partial charge in [0.05, 0.1) is 31.3 Å². The van der Waals surface area contributed by atoms with E-state index in [0.29, 0.717) is 32.2 Å². The molecule has 5 heteroatoms. The molecule has 0 aromatic rings. The summed E-state index contributed by atoms with van der Waals surface area (Å²) in [5, 5.41) is 3.31. The van der Waals surface area contributed by atoms with Crippen molar-refractivity contribution in [3.8, 4) is 0 Å². The van der Waals surface area contributed by atoms with Gasteiger partial charge in [-0.15, -0.1) is 0 Å². The highest BCUT2D eigenvalue weighted by Crippen LogP contribution is 2.12. The second kappa shape index (κ2) is 7.22. The van der Waals surface area contributed by atoms with Gasteiger partial charge in [-0.25, -0.2) is 0 Å². The lowest BCUT2D eigenvalue weighted by Crippen LogP contribution is -2.48. The summed E-state index contributed by atoms with van der Waals surface area (Å²) in [6, 6.07) is 0. The summed E-state index contributed by atoms with van der Waals surface area (Å²) in [5.41, 5.74) is 0. The fraction of sp³-hybridized carbons (Fsp3) is 0.929. The number of ether oxygens (including phenoxy) is 2. The van der Waals surface area contributed by atoms with Gasteiger partial charge < -0.3 is 19.7 Å². The van der Waals surface area contributed by atoms with Crippen molar-refractivity contribution in [1.82, 2.24) is 10.2 Å². The Labute approximate surface area is 115 Å². The molecule has 0 bridgehead atoms. The van der Waals surface area contributed by atoms with Crippen molar-refractivity contribution in [3.05, 3.63) is 0 Å². The van der Waals surface area contributed by atoms with E-state index in [0.717, 1.165) is 25.9 Å². The molecule has 2 unspecified atom stereocenters. The van der Waals surface area contributed by atoms with Gasteiger partial charge in [-0.3, -0.25) is 4.79 Å². The lowest BCUT2D eigenvalue weighted by molar-refractivity contribution is -0.144. The van der Waals surface area contributed by atoms with Crippen LogP contribution in [0.1, 0.15) is 33.1 Å². The Kier molecular flexibility index (Phi) is 5.60. The van der Waals surface area contributed by atoms with Gasteiger partial charge in [0.2, 0.25) is 5.91 Å². The van der Waals surface area contributed by atoms with Gasteiger partial charge in [0, 0.05) is 13.1 Å². The zero-order valence-corrected chi connectivity index (χ0v) is 12.1. The maximum absolute atomic E-state index is 12.1. The minimum atomic E-state index is 0.137. The van der Waals surface area contributed by atoms with E-state index in [-0.39, 0.29) is 18.1 Å². The number of rotatable bonds is 4. The number of carbonyl (C=O) groups is 1. The van der Waals surface area contributed by atoms with Gasteiger partial charge in [0.15, 0.2) is 0 Å². The minimum absolute atomic E-state index is 0.137. The first-order chi connectivity index (χ1) is 9.15. The zero-order valence-electron chi connectivity index (χ0n) is 12.1. The van der Waals surface area contributed by atoms with Gasteiger partial charge in [0.25, 0.3) is 0 Å². The highest BCUT2D eigenvalue weighted by Gasteiger charge is 2.25. The Hall–Kier alpha value is -0.650. The van der Waals surface area contributed by atoms with Crippen LogP contribution in [0.3, 0.4) is 0 Å². The number of amides is 1. The molecule has 0 aliphatic carbocycles. The number of carbonyl (C=O) groups excluding carboxylic acids is 1. The molecule has 2 rings (SSSR count). The molecular weight excluding hydrogens is 244 g/mol. The Morgan fingerprint density at radius 3 is 2.53 bits per heavy atom. The smallest absolute Gasteiger partial charge is 0.225 e. The van der Waals surface area contributed by atoms with Crippen molar-refractivity contribution in [2.24, 2.45) is 0 Å². The molecule has 2 fully saturated rings. The number of nitrogens with one attached hydrogen (secondary N) is 1. The lowest BCUT2D eigenvalue weighted by atomic mass is 10.1. The number of hydrogen-bond acceptors (Lipinski definition) is 4. The molecule has 2 aliphatic heterocycles. The molecule has 0 saturated carbocycles. The predicted molar refractivity (Wildman–Crippen MR) is 73.0 cm³/mol. The van der Waals surface area contributed by atoms with Crippen LogP contribution < -0.4 is 5.32 Å². The highest BCUT2D eigenvalue weighted by molar-refractivity contribution is 5.76. The Morgan fingerprint density at radius 2 is 1.89 bits per heavy atom. The molecular formula is C14H26N2O3. The van der Waals surface area contributed by atoms with Gasteiger partial charge in [-0.2, -0.15) is 0 Å². The first kappa shape index (κ1) is 14.8. The first-order valence-electron chi connectivity index (χ1n) is 7.40. The monoisotopic (exact) mass is 270 g/mol. The van der Waals surface area contributed by atoms with Crippen molar-refractivity contribution in [3.63, 3.8) is 0 Å². The number of morpholine rings is 1. The van der Waals surface area contributed by atoms with Crippen molar-refractivity contribution in [1.29, 1.82) is 0 Å². The van der Waals surface area contributed by atoms with Gasteiger partial charge in [0.1, 0.15) is 0 Å². The maximum atomic E-state index is 12.1. The van der Waals surface area contributed by atoms with Crippen LogP contribution in [-0.2, 0) is 14.3 Å². The SMILES string of the molecule is CC1CN(C(=O)CCOC2CCNCC2)CC(C)O1. The van der Waals surface area contributed by atoms with Gasteiger partial charge in [-0.1, -0.05) is 0 Å². The second-order valence-corrected chi connectivity index (χ2v) is 5.63. The summed E-state index contributed by atoms with van der Waals surface area (Å²) < 4.78 is 11.4. The molecule has 2 heterocycles. The molecule has 5 nitrogen and oxygen atoms in total. The average molecular weight is 270 g/mol. The molecule has 0 aromatic carbocycles. The van der Waals surface area contributed by atoms with Crippen LogP contribution in [0.4, 0.5) is 0 Å². The largest absolute Gasteiger partial charge is 0.378 e. The quantitative estimate of drug-likeness (QED) is 0.820. The normalized spacial score (nSPS) is 29.5. The Bertz CT molecular complexity index is 282. The van der Waals surface area contributed by atoms with Crippen molar-refractivity contribution in [2.75, 3.05) is 32.8 Å². The van der Waals surface area contributed by atoms with E-state index in [2.05, 4.69) is 5.32 Å². The van der Waals surface area contributed by atoms with Crippen LogP contribution in [0.25, 0.3) is 0 Å². The predicted octanol–water partition coefficient (Wildman–Crippen LogP) is 0.781. The second-order valence-electron chi connectivity index (χ2n) is 5.63. The highest BCUT2D eigenvalue weighted by atomic mass is 16.5. The van der Waals surface area contributed by atoms with Crippen LogP contribution in [0, 0.1) is 0 Å². The van der Waals surface area contributed by atoms with Crippen LogP contribution in [-0.4, -0.2) is 61.9 Å². The van der Waals surface area contributed by atoms with E-state index in [1.807, 2.05) is 18.7 Å². The van der Waals surface area contributed by atoms with E-state index < -0.39 is 0 Å². The van der Waals surface area contributed by atoms with Crippen LogP contribution in [0.15, 0.2) is 0 Å². The summed E-state index contributed by atoms with van der Waals surface area (Å²) in [6.07, 6.45) is 3.20. The molecule has 2 aliphatic rings. The summed E-state index contributed by atoms with van der Waals surface area (Å²) in [4.78, 5) is 14.0. The van der Waals surface area contributed by atoms with Crippen molar-refractivity contribution in [2.45, 2.75) is 51.4 Å². The van der Waals surface area contributed by atoms with Gasteiger partial charge >= 0.3 is 0 Å². The van der Waals surface area contributed by atoms with Crippen molar-refractivity contribution >= 4 is 5.91 Å². The fourth-order valence-electron chi connectivity index (χ4n) is 2.81. The first-order valence-corrected chi connectivity index (χ1v) is 7.40. The fourth-order valence-corrected chi connectivity index (χ4v) is 2.81. The molecule has 0 spiro atoms. The summed E-state index contributed by atoms with van der Waals surface area (Å²) in [5.74, 6) is 0.191.